The van der Waals surface area contributed by atoms with Gasteiger partial charge in [-0.2, -0.15) is 5.10 Å². The molecule has 0 aliphatic rings. The number of allylic oxidation sites excluding steroid dienone is 4. The maximum atomic E-state index is 10.7. The topological polar surface area (TPSA) is 45.8 Å². The minimum absolute atomic E-state index is 0.600. The number of carbonyl (C=O) groups excluding carboxylic acids is 1. The van der Waals surface area contributed by atoms with Crippen LogP contribution in [0.4, 0.5) is 0 Å². The molecule has 0 spiro atoms. The Hall–Kier alpha value is -1.64. The minimum atomic E-state index is 0.600. The lowest BCUT2D eigenvalue weighted by atomic mass is 10.1. The quantitative estimate of drug-likeness (QED) is 0.586. The highest BCUT2D eigenvalue weighted by atomic mass is 16.1. The van der Waals surface area contributed by atoms with Gasteiger partial charge in [-0.3, -0.25) is 9.89 Å². The van der Waals surface area contributed by atoms with E-state index in [1.54, 1.807) is 0 Å². The van der Waals surface area contributed by atoms with E-state index in [9.17, 15) is 4.79 Å². The van der Waals surface area contributed by atoms with Crippen molar-refractivity contribution in [2.75, 3.05) is 0 Å². The summed E-state index contributed by atoms with van der Waals surface area (Å²) < 4.78 is 0. The Labute approximate surface area is 83.5 Å². The van der Waals surface area contributed by atoms with Gasteiger partial charge in [-0.15, -0.1) is 0 Å². The van der Waals surface area contributed by atoms with Crippen LogP contribution < -0.4 is 0 Å². The summed E-state index contributed by atoms with van der Waals surface area (Å²) in [7, 11) is 0. The summed E-state index contributed by atoms with van der Waals surface area (Å²) in [6.07, 6.45) is 9.24. The van der Waals surface area contributed by atoms with Crippen molar-refractivity contribution in [3.8, 4) is 0 Å². The summed E-state index contributed by atoms with van der Waals surface area (Å²) >= 11 is 0. The van der Waals surface area contributed by atoms with Gasteiger partial charge in [-0.05, 0) is 18.9 Å². The third kappa shape index (κ3) is 2.19. The van der Waals surface area contributed by atoms with Crippen LogP contribution in [0.25, 0.3) is 5.57 Å². The van der Waals surface area contributed by atoms with Crippen LogP contribution in [0.15, 0.2) is 24.4 Å². The van der Waals surface area contributed by atoms with Crippen LogP contribution in [0.1, 0.15) is 36.3 Å². The number of nitrogens with zero attached hydrogens (tertiary/aromatic N) is 1. The molecule has 0 atom stereocenters. The van der Waals surface area contributed by atoms with Crippen molar-refractivity contribution in [2.45, 2.75) is 20.3 Å². The van der Waals surface area contributed by atoms with Gasteiger partial charge in [0, 0.05) is 0 Å². The van der Waals surface area contributed by atoms with Crippen LogP contribution in [0.5, 0.6) is 0 Å². The number of hydrogen-bond donors (Lipinski definition) is 1. The molecule has 0 aromatic carbocycles. The Morgan fingerprint density at radius 3 is 3.00 bits per heavy atom. The molecule has 3 heteroatoms. The molecule has 1 aromatic heterocycles. The molecule has 14 heavy (non-hydrogen) atoms. The molecule has 74 valence electrons. The lowest BCUT2D eigenvalue weighted by molar-refractivity contribution is 0.112. The van der Waals surface area contributed by atoms with Crippen LogP contribution in [0.3, 0.4) is 0 Å². The van der Waals surface area contributed by atoms with Crippen molar-refractivity contribution in [3.05, 3.63) is 35.7 Å². The van der Waals surface area contributed by atoms with E-state index in [-0.39, 0.29) is 0 Å². The predicted molar refractivity (Wildman–Crippen MR) is 57.1 cm³/mol. The molecule has 1 N–H and O–H groups in total. The van der Waals surface area contributed by atoms with Crippen LogP contribution in [-0.4, -0.2) is 16.5 Å². The Morgan fingerprint density at radius 2 is 2.43 bits per heavy atom. The summed E-state index contributed by atoms with van der Waals surface area (Å²) in [6.45, 7) is 4.00. The van der Waals surface area contributed by atoms with Crippen LogP contribution in [0.2, 0.25) is 0 Å². The Balaban J connectivity index is 3.11. The summed E-state index contributed by atoms with van der Waals surface area (Å²) in [5.41, 5.74) is 2.40. The molecular weight excluding hydrogens is 176 g/mol. The molecule has 0 unspecified atom stereocenters. The van der Waals surface area contributed by atoms with Gasteiger partial charge in [0.1, 0.15) is 0 Å². The molecule has 3 nitrogen and oxygen atoms in total. The van der Waals surface area contributed by atoms with E-state index in [2.05, 4.69) is 23.2 Å². The van der Waals surface area contributed by atoms with E-state index in [0.29, 0.717) is 5.56 Å². The standard InChI is InChI=1S/C11H14N2O/c1-3-5-9(6-4-2)11-10(8-14)7-12-13-11/h3,5-8H,4H2,1-2H3,(H,12,13)/b5-3-,9-6+. The van der Waals surface area contributed by atoms with Crippen molar-refractivity contribution < 1.29 is 4.79 Å². The monoisotopic (exact) mass is 190 g/mol. The molecular formula is C11H14N2O. The van der Waals surface area contributed by atoms with Crippen molar-refractivity contribution in [2.24, 2.45) is 0 Å². The first-order chi connectivity index (χ1) is 6.83. The first kappa shape index (κ1) is 10.4. The molecule has 0 saturated heterocycles. The molecule has 1 aromatic rings. The molecule has 1 heterocycles. The summed E-state index contributed by atoms with van der Waals surface area (Å²) in [6, 6.07) is 0. The smallest absolute Gasteiger partial charge is 0.153 e. The van der Waals surface area contributed by atoms with E-state index in [0.717, 1.165) is 24.0 Å². The molecule has 0 fully saturated rings. The molecule has 0 aliphatic carbocycles. The zero-order valence-corrected chi connectivity index (χ0v) is 8.45. The number of hydrogen-bond acceptors (Lipinski definition) is 2. The second kappa shape index (κ2) is 5.17. The van der Waals surface area contributed by atoms with Gasteiger partial charge >= 0.3 is 0 Å². The largest absolute Gasteiger partial charge is 0.298 e. The Bertz CT molecular complexity index is 361. The second-order valence-corrected chi connectivity index (χ2v) is 2.89. The summed E-state index contributed by atoms with van der Waals surface area (Å²) in [4.78, 5) is 10.7. The van der Waals surface area contributed by atoms with Crippen molar-refractivity contribution in [1.82, 2.24) is 10.2 Å². The minimum Gasteiger partial charge on any atom is -0.298 e. The number of rotatable bonds is 4. The van der Waals surface area contributed by atoms with E-state index in [1.165, 1.54) is 6.20 Å². The fourth-order valence-electron chi connectivity index (χ4n) is 1.27. The van der Waals surface area contributed by atoms with Gasteiger partial charge in [0.25, 0.3) is 0 Å². The first-order valence-electron chi connectivity index (χ1n) is 4.65. The average Bonchev–Trinajstić information content (AvgIpc) is 2.65. The number of aromatic amines is 1. The molecule has 1 rings (SSSR count). The molecule has 0 radical (unpaired) electrons. The number of nitrogens with one attached hydrogen (secondary N) is 1. The van der Waals surface area contributed by atoms with Crippen molar-refractivity contribution in [1.29, 1.82) is 0 Å². The summed E-state index contributed by atoms with van der Waals surface area (Å²) in [5, 5.41) is 6.67. The van der Waals surface area contributed by atoms with E-state index >= 15 is 0 Å². The molecule has 0 saturated carbocycles. The highest BCUT2D eigenvalue weighted by Gasteiger charge is 2.05. The summed E-state index contributed by atoms with van der Waals surface area (Å²) in [5.74, 6) is 0. The third-order valence-electron chi connectivity index (χ3n) is 1.85. The normalized spacial score (nSPS) is 12.3. The maximum absolute atomic E-state index is 10.7. The fraction of sp³-hybridized carbons (Fsp3) is 0.273. The van der Waals surface area contributed by atoms with Crippen LogP contribution in [-0.2, 0) is 0 Å². The van der Waals surface area contributed by atoms with Crippen LogP contribution >= 0.6 is 0 Å². The highest BCUT2D eigenvalue weighted by molar-refractivity contribution is 5.86. The second-order valence-electron chi connectivity index (χ2n) is 2.89. The SMILES string of the molecule is C/C=C\C(=C/CC)c1[nH]ncc1C=O. The molecule has 0 bridgehead atoms. The molecule has 0 amide bonds. The zero-order valence-electron chi connectivity index (χ0n) is 8.45. The van der Waals surface area contributed by atoms with Gasteiger partial charge < -0.3 is 0 Å². The number of aromatic nitrogens is 2. The lowest BCUT2D eigenvalue weighted by Gasteiger charge is -1.98. The maximum Gasteiger partial charge on any atom is 0.153 e. The zero-order chi connectivity index (χ0) is 10.4. The fourth-order valence-corrected chi connectivity index (χ4v) is 1.27. The third-order valence-corrected chi connectivity index (χ3v) is 1.85. The average molecular weight is 190 g/mol. The van der Waals surface area contributed by atoms with Crippen molar-refractivity contribution in [3.63, 3.8) is 0 Å². The van der Waals surface area contributed by atoms with Gasteiger partial charge in [-0.25, -0.2) is 0 Å². The van der Waals surface area contributed by atoms with E-state index in [1.807, 2.05) is 19.1 Å². The number of aldehydes is 1. The van der Waals surface area contributed by atoms with Crippen LogP contribution in [0, 0.1) is 0 Å². The van der Waals surface area contributed by atoms with Gasteiger partial charge in [-0.1, -0.05) is 25.2 Å². The first-order valence-corrected chi connectivity index (χ1v) is 4.65. The number of carbonyl (C=O) groups is 1. The van der Waals surface area contributed by atoms with Gasteiger partial charge in [0.05, 0.1) is 17.5 Å². The highest BCUT2D eigenvalue weighted by Crippen LogP contribution is 2.17. The van der Waals surface area contributed by atoms with E-state index in [4.69, 9.17) is 0 Å². The lowest BCUT2D eigenvalue weighted by Crippen LogP contribution is -1.87. The van der Waals surface area contributed by atoms with E-state index < -0.39 is 0 Å². The van der Waals surface area contributed by atoms with Crippen molar-refractivity contribution >= 4 is 11.9 Å². The van der Waals surface area contributed by atoms with Gasteiger partial charge in [0.2, 0.25) is 0 Å². The Kier molecular flexibility index (Phi) is 3.85. The predicted octanol–water partition coefficient (Wildman–Crippen LogP) is 2.59. The van der Waals surface area contributed by atoms with Gasteiger partial charge in [0.15, 0.2) is 6.29 Å². The Morgan fingerprint density at radius 1 is 1.64 bits per heavy atom. The number of H-pyrrole nitrogens is 1. The molecule has 0 aliphatic heterocycles.